The highest BCUT2D eigenvalue weighted by Crippen LogP contribution is 2.30. The Morgan fingerprint density at radius 3 is 2.79 bits per heavy atom. The predicted molar refractivity (Wildman–Crippen MR) is 129 cm³/mol. The third-order valence-electron chi connectivity index (χ3n) is 5.70. The van der Waals surface area contributed by atoms with Crippen LogP contribution in [0, 0.1) is 12.8 Å². The zero-order valence-corrected chi connectivity index (χ0v) is 21.3. The van der Waals surface area contributed by atoms with Crippen LogP contribution in [0.1, 0.15) is 50.4 Å². The van der Waals surface area contributed by atoms with Gasteiger partial charge in [-0.25, -0.2) is 14.5 Å². The molecule has 0 aliphatic heterocycles. The zero-order valence-electron chi connectivity index (χ0n) is 19.2. The van der Waals surface area contributed by atoms with Gasteiger partial charge in [-0.05, 0) is 51.2 Å². The van der Waals surface area contributed by atoms with Crippen molar-refractivity contribution in [2.45, 2.75) is 63.2 Å². The van der Waals surface area contributed by atoms with Crippen molar-refractivity contribution in [1.29, 1.82) is 0 Å². The Balaban J connectivity index is 1.74. The van der Waals surface area contributed by atoms with Crippen LogP contribution in [0.3, 0.4) is 0 Å². The van der Waals surface area contributed by atoms with Gasteiger partial charge < -0.3 is 19.5 Å². The number of pyridine rings is 1. The Hall–Kier alpha value is -2.44. The third kappa shape index (κ3) is 6.33. The molecule has 0 spiro atoms. The van der Waals surface area contributed by atoms with Gasteiger partial charge in [0.1, 0.15) is 23.7 Å². The summed E-state index contributed by atoms with van der Waals surface area (Å²) >= 11 is 2.17. The minimum absolute atomic E-state index is 0.0376. The minimum atomic E-state index is -0.763. The number of nitrogens with zero attached hydrogens (tertiary/aromatic N) is 5. The Morgan fingerprint density at radius 1 is 1.33 bits per heavy atom. The molecule has 1 aliphatic carbocycles. The van der Waals surface area contributed by atoms with Crippen molar-refractivity contribution in [3.05, 3.63) is 23.5 Å². The van der Waals surface area contributed by atoms with Crippen LogP contribution < -0.4 is 4.74 Å². The number of aryl methyl sites for hydroxylation is 1. The molecule has 1 amide bonds. The van der Waals surface area contributed by atoms with E-state index < -0.39 is 12.1 Å². The molecular formula is C22H30IN5O5. The largest absolute Gasteiger partial charge is 0.489 e. The van der Waals surface area contributed by atoms with E-state index in [0.29, 0.717) is 52.5 Å². The van der Waals surface area contributed by atoms with Gasteiger partial charge in [-0.1, -0.05) is 34.7 Å². The molecule has 2 aromatic rings. The van der Waals surface area contributed by atoms with E-state index in [1.54, 1.807) is 17.8 Å². The quantitative estimate of drug-likeness (QED) is 0.354. The zero-order chi connectivity index (χ0) is 24.0. The molecule has 2 atom stereocenters. The first-order chi connectivity index (χ1) is 15.8. The van der Waals surface area contributed by atoms with E-state index in [4.69, 9.17) is 9.47 Å². The molecule has 1 N–H and O–H groups in total. The lowest BCUT2D eigenvalue weighted by Crippen LogP contribution is -2.29. The lowest BCUT2D eigenvalue weighted by Gasteiger charge is -2.27. The van der Waals surface area contributed by atoms with Crippen LogP contribution in [0.2, 0.25) is 0 Å². The number of ether oxygens (including phenoxy) is 2. The van der Waals surface area contributed by atoms with Gasteiger partial charge in [0.25, 0.3) is 0 Å². The Bertz CT molecular complexity index is 982. The monoisotopic (exact) mass is 571 g/mol. The summed E-state index contributed by atoms with van der Waals surface area (Å²) < 4.78 is 13.8. The van der Waals surface area contributed by atoms with Crippen molar-refractivity contribution < 1.29 is 24.2 Å². The van der Waals surface area contributed by atoms with Crippen LogP contribution in [-0.4, -0.2) is 61.7 Å². The number of hydrogen-bond acceptors (Lipinski definition) is 7. The molecule has 1 fully saturated rings. The van der Waals surface area contributed by atoms with Gasteiger partial charge in [0.05, 0.1) is 28.0 Å². The molecule has 33 heavy (non-hydrogen) atoms. The molecule has 1 saturated carbocycles. The minimum Gasteiger partial charge on any atom is -0.489 e. The van der Waals surface area contributed by atoms with Crippen molar-refractivity contribution in [2.24, 2.45) is 5.92 Å². The van der Waals surface area contributed by atoms with Crippen molar-refractivity contribution >= 4 is 34.7 Å². The molecule has 2 aromatic heterocycles. The first kappa shape index (κ1) is 25.2. The molecule has 10 nitrogen and oxygen atoms in total. The average molecular weight is 571 g/mol. The van der Waals surface area contributed by atoms with Gasteiger partial charge in [0.15, 0.2) is 0 Å². The fourth-order valence-corrected chi connectivity index (χ4v) is 4.45. The summed E-state index contributed by atoms with van der Waals surface area (Å²) in [5.74, 6) is -0.493. The molecule has 1 aliphatic rings. The summed E-state index contributed by atoms with van der Waals surface area (Å²) in [6, 6.07) is 3.63. The third-order valence-corrected chi connectivity index (χ3v) is 6.35. The summed E-state index contributed by atoms with van der Waals surface area (Å²) in [5, 5.41) is 17.7. The van der Waals surface area contributed by atoms with Crippen LogP contribution in [-0.2, 0) is 20.7 Å². The standard InChI is InChI=1S/C22H30IN5O5/c1-4-10-27(3)22(31)32-12-18-20(25-26-28(18)13-23)17-8-9-19(14(2)24-17)33-16-7-5-6-15(11-16)21(29)30/h8-9,15-16H,4-7,10-13H2,1-3H3,(H,29,30)/t15-,16-/m1/s1. The van der Waals surface area contributed by atoms with Crippen LogP contribution in [0.5, 0.6) is 5.75 Å². The molecule has 0 radical (unpaired) electrons. The summed E-state index contributed by atoms with van der Waals surface area (Å²) in [7, 11) is 1.70. The van der Waals surface area contributed by atoms with Crippen LogP contribution in [0.4, 0.5) is 4.79 Å². The number of hydrogen-bond donors (Lipinski definition) is 1. The lowest BCUT2D eigenvalue weighted by atomic mass is 9.87. The molecule has 3 rings (SSSR count). The number of halogens is 1. The molecule has 2 heterocycles. The molecular weight excluding hydrogens is 541 g/mol. The maximum Gasteiger partial charge on any atom is 0.409 e. The Labute approximate surface area is 206 Å². The molecule has 180 valence electrons. The van der Waals surface area contributed by atoms with Gasteiger partial charge in [0.2, 0.25) is 0 Å². The van der Waals surface area contributed by atoms with Crippen LogP contribution >= 0.6 is 22.6 Å². The number of alkyl halides is 1. The number of carboxylic acid groups (broad SMARTS) is 1. The number of carboxylic acids is 1. The average Bonchev–Trinajstić information content (AvgIpc) is 3.22. The maximum atomic E-state index is 12.2. The Kier molecular flexibility index (Phi) is 8.87. The van der Waals surface area contributed by atoms with Gasteiger partial charge in [-0.3, -0.25) is 4.79 Å². The van der Waals surface area contributed by atoms with Crippen molar-refractivity contribution in [2.75, 3.05) is 13.6 Å². The highest BCUT2D eigenvalue weighted by Gasteiger charge is 2.28. The first-order valence-corrected chi connectivity index (χ1v) is 12.6. The number of carbonyl (C=O) groups is 2. The van der Waals surface area contributed by atoms with Crippen LogP contribution in [0.15, 0.2) is 12.1 Å². The molecule has 0 saturated heterocycles. The topological polar surface area (TPSA) is 120 Å². The lowest BCUT2D eigenvalue weighted by molar-refractivity contribution is -0.143. The maximum absolute atomic E-state index is 12.2. The number of aromatic nitrogens is 4. The molecule has 0 bridgehead atoms. The summed E-state index contributed by atoms with van der Waals surface area (Å²) in [6.07, 6.45) is 3.17. The second kappa shape index (κ2) is 11.6. The van der Waals surface area contributed by atoms with Gasteiger partial charge >= 0.3 is 12.1 Å². The van der Waals surface area contributed by atoms with E-state index in [2.05, 4.69) is 37.9 Å². The number of amides is 1. The first-order valence-electron chi connectivity index (χ1n) is 11.1. The van der Waals surface area contributed by atoms with Crippen molar-refractivity contribution in [1.82, 2.24) is 24.9 Å². The second-order valence-corrected chi connectivity index (χ2v) is 8.88. The normalized spacial score (nSPS) is 18.1. The van der Waals surface area contributed by atoms with E-state index in [1.807, 2.05) is 19.9 Å². The van der Waals surface area contributed by atoms with Gasteiger partial charge in [-0.2, -0.15) is 0 Å². The highest BCUT2D eigenvalue weighted by molar-refractivity contribution is 14.1. The van der Waals surface area contributed by atoms with Crippen molar-refractivity contribution in [3.8, 4) is 17.1 Å². The van der Waals surface area contributed by atoms with E-state index in [-0.39, 0.29) is 18.6 Å². The van der Waals surface area contributed by atoms with E-state index in [0.717, 1.165) is 19.3 Å². The van der Waals surface area contributed by atoms with Gasteiger partial charge in [0, 0.05) is 13.6 Å². The SMILES string of the molecule is CCCN(C)C(=O)OCc1c(-c2ccc(O[C@@H]3CCC[C@@H](C(=O)O)C3)c(C)n2)nnn1CI. The fraction of sp³-hybridized carbons (Fsp3) is 0.591. The van der Waals surface area contributed by atoms with E-state index >= 15 is 0 Å². The molecule has 0 unspecified atom stereocenters. The fourth-order valence-electron chi connectivity index (χ4n) is 3.90. The Morgan fingerprint density at radius 2 is 2.12 bits per heavy atom. The smallest absolute Gasteiger partial charge is 0.409 e. The van der Waals surface area contributed by atoms with Crippen molar-refractivity contribution in [3.63, 3.8) is 0 Å². The predicted octanol–water partition coefficient (Wildman–Crippen LogP) is 4.04. The van der Waals surface area contributed by atoms with E-state index in [9.17, 15) is 14.7 Å². The van der Waals surface area contributed by atoms with Crippen LogP contribution in [0.25, 0.3) is 11.4 Å². The number of aliphatic carboxylic acids is 1. The molecule has 11 heteroatoms. The van der Waals surface area contributed by atoms with Gasteiger partial charge in [-0.15, -0.1) is 5.10 Å². The van der Waals surface area contributed by atoms with E-state index in [1.165, 1.54) is 4.90 Å². The summed E-state index contributed by atoms with van der Waals surface area (Å²) in [5.41, 5.74) is 2.51. The summed E-state index contributed by atoms with van der Waals surface area (Å²) in [6.45, 7) is 4.50. The number of carbonyl (C=O) groups excluding carboxylic acids is 1. The number of rotatable bonds is 9. The molecule has 0 aromatic carbocycles. The second-order valence-electron chi connectivity index (χ2n) is 8.20. The summed E-state index contributed by atoms with van der Waals surface area (Å²) in [4.78, 5) is 29.7. The highest BCUT2D eigenvalue weighted by atomic mass is 127.